The molecule has 5 atom stereocenters. The Morgan fingerprint density at radius 2 is 2.10 bits per heavy atom. The van der Waals surface area contributed by atoms with Crippen molar-refractivity contribution in [3.05, 3.63) is 21.3 Å². The van der Waals surface area contributed by atoms with Crippen molar-refractivity contribution in [1.82, 2.24) is 0 Å². The van der Waals surface area contributed by atoms with Crippen LogP contribution in [-0.4, -0.2) is 12.1 Å². The lowest BCUT2D eigenvalue weighted by atomic mass is 9.80. The minimum atomic E-state index is -0.0110. The first kappa shape index (κ1) is 16.3. The maximum Gasteiger partial charge on any atom is 0.107 e. The second-order valence-electron chi connectivity index (χ2n) is 6.16. The van der Waals surface area contributed by atoms with E-state index in [1.807, 2.05) is 6.07 Å². The number of rotatable bonds is 5. The molecule has 1 fully saturated rings. The van der Waals surface area contributed by atoms with E-state index < -0.39 is 0 Å². The summed E-state index contributed by atoms with van der Waals surface area (Å²) in [6, 6.07) is 4.04. The molecule has 4 heteroatoms. The zero-order chi connectivity index (χ0) is 14.7. The number of hydrogen-bond donors (Lipinski definition) is 1. The van der Waals surface area contributed by atoms with Crippen LogP contribution < -0.4 is 5.73 Å². The minimum absolute atomic E-state index is 0.0110. The molecule has 0 aromatic carbocycles. The average Bonchev–Trinajstić information content (AvgIpc) is 2.85. The van der Waals surface area contributed by atoms with Gasteiger partial charge in [-0.3, -0.25) is 0 Å². The van der Waals surface area contributed by atoms with Crippen LogP contribution in [0.3, 0.4) is 0 Å². The summed E-state index contributed by atoms with van der Waals surface area (Å²) in [7, 11) is 0. The van der Waals surface area contributed by atoms with Crippen LogP contribution in [0, 0.1) is 11.8 Å². The number of ether oxygens (including phenoxy) is 1. The van der Waals surface area contributed by atoms with E-state index in [1.54, 1.807) is 11.3 Å². The topological polar surface area (TPSA) is 35.2 Å². The zero-order valence-corrected chi connectivity index (χ0v) is 14.2. The molecule has 0 saturated heterocycles. The molecule has 2 nitrogen and oxygen atoms in total. The van der Waals surface area contributed by atoms with Gasteiger partial charge < -0.3 is 10.5 Å². The first-order chi connectivity index (χ1) is 9.51. The Morgan fingerprint density at radius 3 is 2.65 bits per heavy atom. The Morgan fingerprint density at radius 1 is 1.35 bits per heavy atom. The van der Waals surface area contributed by atoms with Crippen molar-refractivity contribution in [1.29, 1.82) is 0 Å². The molecule has 1 aliphatic carbocycles. The molecule has 1 saturated carbocycles. The molecule has 1 aromatic heterocycles. The molecule has 2 N–H and O–H groups in total. The molecule has 1 heterocycles. The maximum atomic E-state index is 6.39. The largest absolute Gasteiger partial charge is 0.368 e. The highest BCUT2D eigenvalue weighted by atomic mass is 35.5. The van der Waals surface area contributed by atoms with Gasteiger partial charge >= 0.3 is 0 Å². The summed E-state index contributed by atoms with van der Waals surface area (Å²) < 4.78 is 7.20. The Labute approximate surface area is 131 Å². The van der Waals surface area contributed by atoms with Crippen LogP contribution in [0.5, 0.6) is 0 Å². The smallest absolute Gasteiger partial charge is 0.107 e. The fourth-order valence-corrected chi connectivity index (χ4v) is 4.08. The lowest BCUT2D eigenvalue weighted by Gasteiger charge is -2.35. The van der Waals surface area contributed by atoms with E-state index in [-0.39, 0.29) is 12.1 Å². The lowest BCUT2D eigenvalue weighted by molar-refractivity contribution is -0.0579. The zero-order valence-electron chi connectivity index (χ0n) is 12.6. The second kappa shape index (κ2) is 7.26. The minimum Gasteiger partial charge on any atom is -0.368 e. The van der Waals surface area contributed by atoms with Gasteiger partial charge in [0.25, 0.3) is 0 Å². The molecule has 2 rings (SSSR count). The molecular weight excluding hydrogens is 290 g/mol. The Balaban J connectivity index is 2.05. The quantitative estimate of drug-likeness (QED) is 0.828. The van der Waals surface area contributed by atoms with Crippen molar-refractivity contribution >= 4 is 22.9 Å². The number of thiophene rings is 1. The predicted molar refractivity (Wildman–Crippen MR) is 87.4 cm³/mol. The van der Waals surface area contributed by atoms with Crippen LogP contribution in [0.15, 0.2) is 12.1 Å². The van der Waals surface area contributed by atoms with Gasteiger partial charge in [-0.15, -0.1) is 11.3 Å². The fraction of sp³-hybridized carbons (Fsp3) is 0.750. The summed E-state index contributed by atoms with van der Waals surface area (Å²) in [5.74, 6) is 1.54. The second-order valence-corrected chi connectivity index (χ2v) is 7.91. The summed E-state index contributed by atoms with van der Waals surface area (Å²) in [5.41, 5.74) is 6.28. The number of halogens is 1. The van der Waals surface area contributed by atoms with Crippen molar-refractivity contribution < 1.29 is 4.74 Å². The monoisotopic (exact) mass is 315 g/mol. The van der Waals surface area contributed by atoms with Crippen LogP contribution in [0.1, 0.15) is 57.4 Å². The lowest BCUT2D eigenvalue weighted by Crippen LogP contribution is -2.34. The van der Waals surface area contributed by atoms with Crippen molar-refractivity contribution in [2.75, 3.05) is 0 Å². The molecule has 1 aromatic rings. The summed E-state index contributed by atoms with van der Waals surface area (Å²) in [6.45, 7) is 6.79. The highest BCUT2D eigenvalue weighted by Gasteiger charge is 2.30. The van der Waals surface area contributed by atoms with Crippen LogP contribution in [0.4, 0.5) is 0 Å². The van der Waals surface area contributed by atoms with Crippen molar-refractivity contribution in [2.45, 2.75) is 64.7 Å². The highest BCUT2D eigenvalue weighted by molar-refractivity contribution is 7.16. The van der Waals surface area contributed by atoms with Crippen LogP contribution in [-0.2, 0) is 4.74 Å². The third-order valence-corrected chi connectivity index (χ3v) is 5.92. The average molecular weight is 316 g/mol. The predicted octanol–water partition coefficient (Wildman–Crippen LogP) is 5.02. The van der Waals surface area contributed by atoms with Crippen molar-refractivity contribution in [2.24, 2.45) is 17.6 Å². The summed E-state index contributed by atoms with van der Waals surface area (Å²) in [6.07, 6.45) is 4.79. The van der Waals surface area contributed by atoms with Gasteiger partial charge in [-0.05, 0) is 49.7 Å². The summed E-state index contributed by atoms with van der Waals surface area (Å²) in [5, 5.41) is 0. The molecule has 0 amide bonds. The normalized spacial score (nSPS) is 30.1. The highest BCUT2D eigenvalue weighted by Crippen LogP contribution is 2.37. The Hall–Kier alpha value is -0.0900. The van der Waals surface area contributed by atoms with E-state index in [0.717, 1.165) is 40.3 Å². The molecule has 0 spiro atoms. The Kier molecular flexibility index (Phi) is 5.91. The third-order valence-electron chi connectivity index (χ3n) is 4.62. The fourth-order valence-electron chi connectivity index (χ4n) is 2.90. The van der Waals surface area contributed by atoms with Gasteiger partial charge in [-0.25, -0.2) is 0 Å². The van der Waals surface area contributed by atoms with Gasteiger partial charge in [0, 0.05) is 10.9 Å². The van der Waals surface area contributed by atoms with Gasteiger partial charge in [-0.2, -0.15) is 0 Å². The van der Waals surface area contributed by atoms with E-state index in [2.05, 4.69) is 26.8 Å². The third kappa shape index (κ3) is 3.97. The summed E-state index contributed by atoms with van der Waals surface area (Å²) in [4.78, 5) is 1.16. The molecule has 5 unspecified atom stereocenters. The van der Waals surface area contributed by atoms with Gasteiger partial charge in [-0.1, -0.05) is 32.4 Å². The van der Waals surface area contributed by atoms with Crippen LogP contribution >= 0.6 is 22.9 Å². The number of nitrogens with two attached hydrogens (primary N) is 1. The molecule has 20 heavy (non-hydrogen) atoms. The van der Waals surface area contributed by atoms with Crippen LogP contribution in [0.25, 0.3) is 0 Å². The first-order valence-corrected chi connectivity index (χ1v) is 8.87. The van der Waals surface area contributed by atoms with Crippen molar-refractivity contribution in [3.63, 3.8) is 0 Å². The standard InChI is InChI=1S/C16H26ClNOS/c1-4-13(18)16(14-7-8-15(17)20-14)19-12-6-5-10(2)11(3)9-12/h7-8,10-13,16H,4-6,9,18H2,1-3H3. The molecule has 0 radical (unpaired) electrons. The summed E-state index contributed by atoms with van der Waals surface area (Å²) >= 11 is 7.65. The first-order valence-electron chi connectivity index (χ1n) is 7.67. The molecular formula is C16H26ClNOS. The maximum absolute atomic E-state index is 6.39. The molecule has 114 valence electrons. The van der Waals surface area contributed by atoms with E-state index in [1.165, 1.54) is 6.42 Å². The van der Waals surface area contributed by atoms with E-state index in [4.69, 9.17) is 22.1 Å². The van der Waals surface area contributed by atoms with Gasteiger partial charge in [0.15, 0.2) is 0 Å². The molecule has 1 aliphatic rings. The van der Waals surface area contributed by atoms with E-state index >= 15 is 0 Å². The van der Waals surface area contributed by atoms with E-state index in [0.29, 0.717) is 6.10 Å². The van der Waals surface area contributed by atoms with Gasteiger partial charge in [0.1, 0.15) is 6.10 Å². The molecule has 0 aliphatic heterocycles. The SMILES string of the molecule is CCC(N)C(OC1CCC(C)C(C)C1)c1ccc(Cl)s1. The Bertz CT molecular complexity index is 422. The van der Waals surface area contributed by atoms with E-state index in [9.17, 15) is 0 Å². The van der Waals surface area contributed by atoms with Crippen molar-refractivity contribution in [3.8, 4) is 0 Å². The van der Waals surface area contributed by atoms with Crippen LogP contribution in [0.2, 0.25) is 4.34 Å². The molecule has 0 bridgehead atoms. The van der Waals surface area contributed by atoms with Gasteiger partial charge in [0.05, 0.1) is 10.4 Å². The number of hydrogen-bond acceptors (Lipinski definition) is 3. The van der Waals surface area contributed by atoms with Gasteiger partial charge in [0.2, 0.25) is 0 Å².